The first kappa shape index (κ1) is 13.1. The monoisotopic (exact) mass is 260 g/mol. The predicted octanol–water partition coefficient (Wildman–Crippen LogP) is 2.15. The molecule has 100 valence electrons. The van der Waals surface area contributed by atoms with Crippen LogP contribution in [0.15, 0.2) is 29.1 Å². The summed E-state index contributed by atoms with van der Waals surface area (Å²) in [6.45, 7) is 1.85. The van der Waals surface area contributed by atoms with Crippen molar-refractivity contribution in [2.24, 2.45) is 0 Å². The summed E-state index contributed by atoms with van der Waals surface area (Å²) in [6.07, 6.45) is 0.00129. The number of H-pyrrole nitrogens is 1. The van der Waals surface area contributed by atoms with Crippen LogP contribution in [0.25, 0.3) is 10.9 Å². The lowest BCUT2D eigenvalue weighted by Crippen LogP contribution is -2.27. The van der Waals surface area contributed by atoms with Crippen molar-refractivity contribution < 1.29 is 9.53 Å². The van der Waals surface area contributed by atoms with Crippen molar-refractivity contribution in [3.05, 3.63) is 40.2 Å². The summed E-state index contributed by atoms with van der Waals surface area (Å²) in [5.41, 5.74) is 0.919. The van der Waals surface area contributed by atoms with Crippen LogP contribution in [0, 0.1) is 0 Å². The number of ether oxygens (including phenoxy) is 1. The number of rotatable bonds is 2. The third-order valence-electron chi connectivity index (χ3n) is 2.88. The Morgan fingerprint density at radius 3 is 2.63 bits per heavy atom. The van der Waals surface area contributed by atoms with E-state index in [2.05, 4.69) is 4.98 Å². The molecule has 0 saturated carbocycles. The van der Waals surface area contributed by atoms with Gasteiger partial charge in [-0.25, -0.2) is 4.79 Å². The molecule has 1 aromatic carbocycles. The van der Waals surface area contributed by atoms with E-state index in [1.54, 1.807) is 20.2 Å². The highest BCUT2D eigenvalue weighted by Crippen LogP contribution is 2.26. The van der Waals surface area contributed by atoms with E-state index < -0.39 is 6.09 Å². The fourth-order valence-corrected chi connectivity index (χ4v) is 1.87. The number of pyridine rings is 1. The normalized spacial score (nSPS) is 10.5. The number of carbonyl (C=O) groups is 1. The van der Waals surface area contributed by atoms with Gasteiger partial charge in [-0.1, -0.05) is 19.1 Å². The average Bonchev–Trinajstić information content (AvgIpc) is 2.38. The zero-order chi connectivity index (χ0) is 14.0. The number of hydrogen-bond donors (Lipinski definition) is 1. The molecule has 0 aliphatic rings. The van der Waals surface area contributed by atoms with Gasteiger partial charge in [0, 0.05) is 19.5 Å². The first-order valence-corrected chi connectivity index (χ1v) is 6.07. The van der Waals surface area contributed by atoms with Crippen molar-refractivity contribution in [3.63, 3.8) is 0 Å². The molecule has 0 bridgehead atoms. The summed E-state index contributed by atoms with van der Waals surface area (Å²) in [5.74, 6) is 0.348. The topological polar surface area (TPSA) is 62.4 Å². The molecule has 5 nitrogen and oxygen atoms in total. The second-order valence-corrected chi connectivity index (χ2v) is 4.42. The minimum Gasteiger partial charge on any atom is -0.409 e. The highest BCUT2D eigenvalue weighted by molar-refractivity contribution is 5.88. The van der Waals surface area contributed by atoms with Gasteiger partial charge in [0.1, 0.15) is 0 Å². The van der Waals surface area contributed by atoms with Gasteiger partial charge in [0.05, 0.1) is 11.1 Å². The van der Waals surface area contributed by atoms with Gasteiger partial charge in [0.25, 0.3) is 5.56 Å². The number of nitrogens with zero attached hydrogens (tertiary/aromatic N) is 1. The van der Waals surface area contributed by atoms with E-state index in [4.69, 9.17) is 4.74 Å². The number of hydrogen-bond acceptors (Lipinski definition) is 3. The summed E-state index contributed by atoms with van der Waals surface area (Å²) in [5, 5.41) is 0.731. The largest absolute Gasteiger partial charge is 0.414 e. The Morgan fingerprint density at radius 2 is 2.00 bits per heavy atom. The lowest BCUT2D eigenvalue weighted by Gasteiger charge is -2.14. The van der Waals surface area contributed by atoms with Gasteiger partial charge in [0.15, 0.2) is 5.75 Å². The quantitative estimate of drug-likeness (QED) is 0.900. The van der Waals surface area contributed by atoms with Gasteiger partial charge in [-0.3, -0.25) is 4.79 Å². The number of para-hydroxylation sites is 1. The summed E-state index contributed by atoms with van der Waals surface area (Å²) in [6, 6.07) is 7.26. The third kappa shape index (κ3) is 2.45. The highest BCUT2D eigenvalue weighted by Gasteiger charge is 2.16. The van der Waals surface area contributed by atoms with Crippen molar-refractivity contribution >= 4 is 17.0 Å². The minimum atomic E-state index is -0.495. The second kappa shape index (κ2) is 5.14. The summed E-state index contributed by atoms with van der Waals surface area (Å²) >= 11 is 0. The Balaban J connectivity index is 2.67. The van der Waals surface area contributed by atoms with Crippen molar-refractivity contribution in [3.8, 4) is 5.75 Å². The molecule has 0 fully saturated rings. The fraction of sp³-hybridized carbons (Fsp3) is 0.286. The summed E-state index contributed by atoms with van der Waals surface area (Å²) in [4.78, 5) is 27.8. The van der Waals surface area contributed by atoms with Crippen LogP contribution in [0.5, 0.6) is 5.75 Å². The molecule has 1 N–H and O–H groups in total. The van der Waals surface area contributed by atoms with E-state index in [0.29, 0.717) is 23.3 Å². The third-order valence-corrected chi connectivity index (χ3v) is 2.88. The fourth-order valence-electron chi connectivity index (χ4n) is 1.87. The van der Waals surface area contributed by atoms with Crippen LogP contribution < -0.4 is 10.3 Å². The maximum absolute atomic E-state index is 12.0. The van der Waals surface area contributed by atoms with E-state index >= 15 is 0 Å². The van der Waals surface area contributed by atoms with Crippen molar-refractivity contribution in [1.82, 2.24) is 9.88 Å². The maximum atomic E-state index is 12.0. The molecule has 0 radical (unpaired) electrons. The van der Waals surface area contributed by atoms with Gasteiger partial charge in [0.2, 0.25) is 0 Å². The molecule has 1 heterocycles. The van der Waals surface area contributed by atoms with Gasteiger partial charge in [-0.2, -0.15) is 0 Å². The Kier molecular flexibility index (Phi) is 3.55. The molecule has 0 aliphatic heterocycles. The van der Waals surface area contributed by atoms with Crippen LogP contribution in [0.3, 0.4) is 0 Å². The zero-order valence-corrected chi connectivity index (χ0v) is 11.2. The molecule has 1 amide bonds. The zero-order valence-electron chi connectivity index (χ0n) is 11.2. The number of nitrogens with one attached hydrogen (secondary N) is 1. The van der Waals surface area contributed by atoms with Crippen molar-refractivity contribution in [2.75, 3.05) is 14.1 Å². The number of fused-ring (bicyclic) bond motifs is 1. The lowest BCUT2D eigenvalue weighted by molar-refractivity contribution is 0.172. The molecular weight excluding hydrogens is 244 g/mol. The molecular formula is C14H16N2O3. The lowest BCUT2D eigenvalue weighted by atomic mass is 10.1. The predicted molar refractivity (Wildman–Crippen MR) is 73.7 cm³/mol. The van der Waals surface area contributed by atoms with Crippen molar-refractivity contribution in [1.29, 1.82) is 0 Å². The van der Waals surface area contributed by atoms with E-state index in [-0.39, 0.29) is 5.56 Å². The Morgan fingerprint density at radius 1 is 1.32 bits per heavy atom. The molecule has 2 rings (SSSR count). The van der Waals surface area contributed by atoms with Gasteiger partial charge >= 0.3 is 6.09 Å². The van der Waals surface area contributed by atoms with E-state index in [1.165, 1.54) is 4.90 Å². The highest BCUT2D eigenvalue weighted by atomic mass is 16.6. The van der Waals surface area contributed by atoms with Gasteiger partial charge in [-0.05, 0) is 18.6 Å². The Bertz CT molecular complexity index is 674. The molecule has 0 atom stereocenters. The van der Waals surface area contributed by atoms with Crippen LogP contribution in [-0.2, 0) is 6.42 Å². The molecule has 0 saturated heterocycles. The number of aromatic nitrogens is 1. The van der Waals surface area contributed by atoms with Crippen molar-refractivity contribution in [2.45, 2.75) is 13.3 Å². The summed E-state index contributed by atoms with van der Waals surface area (Å²) < 4.78 is 5.36. The Hall–Kier alpha value is -2.30. The van der Waals surface area contributed by atoms with Crippen LogP contribution in [-0.4, -0.2) is 30.1 Å². The number of amides is 1. The maximum Gasteiger partial charge on any atom is 0.414 e. The van der Waals surface area contributed by atoms with Crippen LogP contribution >= 0.6 is 0 Å². The second-order valence-electron chi connectivity index (χ2n) is 4.42. The van der Waals surface area contributed by atoms with Crippen LogP contribution in [0.4, 0.5) is 4.79 Å². The molecule has 2 aromatic rings. The van der Waals surface area contributed by atoms with E-state index in [9.17, 15) is 9.59 Å². The molecule has 1 aromatic heterocycles. The van der Waals surface area contributed by atoms with Gasteiger partial charge < -0.3 is 14.6 Å². The first-order valence-electron chi connectivity index (χ1n) is 6.07. The van der Waals surface area contributed by atoms with E-state index in [1.807, 2.05) is 25.1 Å². The molecule has 5 heteroatoms. The van der Waals surface area contributed by atoms with E-state index in [0.717, 1.165) is 5.39 Å². The number of benzene rings is 1. The molecule has 0 spiro atoms. The van der Waals surface area contributed by atoms with Gasteiger partial charge in [-0.15, -0.1) is 0 Å². The van der Waals surface area contributed by atoms with Crippen LogP contribution in [0.1, 0.15) is 12.5 Å². The smallest absolute Gasteiger partial charge is 0.409 e. The molecule has 0 aliphatic carbocycles. The van der Waals surface area contributed by atoms with Crippen LogP contribution in [0.2, 0.25) is 0 Å². The first-order chi connectivity index (χ1) is 9.04. The number of carbonyl (C=O) groups excluding carboxylic acids is 1. The number of aromatic amines is 1. The minimum absolute atomic E-state index is 0.220. The average molecular weight is 260 g/mol. The standard InChI is InChI=1S/C14H16N2O3/c1-4-9-12(19-14(18)16(2)3)10-7-5-6-8-11(10)15-13(9)17/h5-8H,4H2,1-3H3,(H,15,17). The SMILES string of the molecule is CCc1c(OC(=O)N(C)C)c2ccccc2[nH]c1=O. The summed E-state index contributed by atoms with van der Waals surface area (Å²) in [7, 11) is 3.20. The molecule has 19 heavy (non-hydrogen) atoms. The Labute approximate surface area is 110 Å². The molecule has 0 unspecified atom stereocenters.